The average Bonchev–Trinajstić information content (AvgIpc) is 3.00. The van der Waals surface area contributed by atoms with Crippen LogP contribution >= 0.6 is 24.0 Å². The molecule has 0 amide bonds. The first-order valence-corrected chi connectivity index (χ1v) is 8.75. The molecule has 0 bridgehead atoms. The zero-order valence-electron chi connectivity index (χ0n) is 15.4. The summed E-state index contributed by atoms with van der Waals surface area (Å²) in [5, 5.41) is 6.68. The Morgan fingerprint density at radius 3 is 2.64 bits per heavy atom. The molecule has 25 heavy (non-hydrogen) atoms. The average molecular weight is 455 g/mol. The van der Waals surface area contributed by atoms with Gasteiger partial charge in [0.2, 0.25) is 0 Å². The van der Waals surface area contributed by atoms with E-state index >= 15 is 0 Å². The van der Waals surface area contributed by atoms with Gasteiger partial charge in [0.15, 0.2) is 5.96 Å². The normalized spacial score (nSPS) is 11.3. The molecule has 5 nitrogen and oxygen atoms in total. The molecule has 1 aromatic heterocycles. The molecule has 6 heteroatoms. The van der Waals surface area contributed by atoms with Gasteiger partial charge in [-0.25, -0.2) is 9.98 Å². The van der Waals surface area contributed by atoms with Crippen LogP contribution < -0.4 is 10.6 Å². The quantitative estimate of drug-likeness (QED) is 0.363. The van der Waals surface area contributed by atoms with Gasteiger partial charge in [-0.05, 0) is 24.8 Å². The van der Waals surface area contributed by atoms with Gasteiger partial charge in [-0.15, -0.1) is 24.0 Å². The molecule has 0 aliphatic rings. The minimum atomic E-state index is 0. The molecule has 1 aromatic carbocycles. The molecule has 0 spiro atoms. The zero-order valence-corrected chi connectivity index (χ0v) is 17.7. The Morgan fingerprint density at radius 1 is 1.20 bits per heavy atom. The van der Waals surface area contributed by atoms with E-state index < -0.39 is 0 Å². The van der Waals surface area contributed by atoms with Gasteiger partial charge >= 0.3 is 0 Å². The summed E-state index contributed by atoms with van der Waals surface area (Å²) < 4.78 is 2.15. The van der Waals surface area contributed by atoms with Gasteiger partial charge in [0.25, 0.3) is 0 Å². The molecule has 2 aromatic rings. The molecule has 0 saturated heterocycles. The van der Waals surface area contributed by atoms with Crippen molar-refractivity contribution in [1.29, 1.82) is 0 Å². The second-order valence-corrected chi connectivity index (χ2v) is 6.26. The molecule has 2 rings (SSSR count). The van der Waals surface area contributed by atoms with E-state index in [0.29, 0.717) is 12.5 Å². The van der Waals surface area contributed by atoms with Crippen molar-refractivity contribution in [3.8, 4) is 0 Å². The minimum absolute atomic E-state index is 0. The van der Waals surface area contributed by atoms with E-state index in [1.165, 1.54) is 5.56 Å². The van der Waals surface area contributed by atoms with Crippen LogP contribution in [-0.4, -0.2) is 28.6 Å². The van der Waals surface area contributed by atoms with E-state index in [0.717, 1.165) is 37.8 Å². The van der Waals surface area contributed by atoms with Gasteiger partial charge in [0.1, 0.15) is 12.4 Å². The molecule has 0 saturated carbocycles. The van der Waals surface area contributed by atoms with Gasteiger partial charge < -0.3 is 15.2 Å². The number of imidazole rings is 1. The third-order valence-electron chi connectivity index (χ3n) is 3.73. The number of hydrogen-bond donors (Lipinski definition) is 2. The Hall–Kier alpha value is -1.57. The van der Waals surface area contributed by atoms with Crippen LogP contribution in [0.2, 0.25) is 0 Å². The predicted octanol–water partition coefficient (Wildman–Crippen LogP) is 3.65. The van der Waals surface area contributed by atoms with Gasteiger partial charge in [-0.3, -0.25) is 0 Å². The van der Waals surface area contributed by atoms with Gasteiger partial charge in [0, 0.05) is 32.0 Å². The van der Waals surface area contributed by atoms with Crippen LogP contribution in [0.15, 0.2) is 47.7 Å². The maximum Gasteiger partial charge on any atom is 0.191 e. The van der Waals surface area contributed by atoms with Crippen LogP contribution in [0.25, 0.3) is 0 Å². The number of rotatable bonds is 8. The number of aromatic nitrogens is 2. The van der Waals surface area contributed by atoms with Gasteiger partial charge in [0.05, 0.1) is 0 Å². The van der Waals surface area contributed by atoms with Crippen molar-refractivity contribution in [2.75, 3.05) is 13.1 Å². The molecule has 0 atom stereocenters. The Labute approximate surface area is 168 Å². The summed E-state index contributed by atoms with van der Waals surface area (Å²) in [6.07, 6.45) is 4.98. The second-order valence-electron chi connectivity index (χ2n) is 6.26. The third kappa shape index (κ3) is 7.90. The number of nitrogens with one attached hydrogen (secondary N) is 2. The lowest BCUT2D eigenvalue weighted by Crippen LogP contribution is -2.38. The highest BCUT2D eigenvalue weighted by molar-refractivity contribution is 14.0. The van der Waals surface area contributed by atoms with E-state index in [2.05, 4.69) is 70.2 Å². The second kappa shape index (κ2) is 11.9. The smallest absolute Gasteiger partial charge is 0.191 e. The molecule has 2 N–H and O–H groups in total. The Balaban J connectivity index is 0.00000312. The molecule has 1 heterocycles. The monoisotopic (exact) mass is 455 g/mol. The lowest BCUT2D eigenvalue weighted by Gasteiger charge is -2.12. The Bertz CT molecular complexity index is 622. The standard InChI is InChI=1S/C19H29N5.HI/c1-4-20-19(22-11-10-16(2)3)23-14-18-21-12-13-24(18)15-17-8-6-5-7-9-17;/h5-9,12-13,16H,4,10-11,14-15H2,1-3H3,(H2,20,22,23);1H. The molecule has 0 aliphatic heterocycles. The summed E-state index contributed by atoms with van der Waals surface area (Å²) in [5.74, 6) is 2.51. The Kier molecular flexibility index (Phi) is 10.2. The van der Waals surface area contributed by atoms with Crippen molar-refractivity contribution in [3.05, 3.63) is 54.1 Å². The molecule has 0 fully saturated rings. The fourth-order valence-corrected chi connectivity index (χ4v) is 2.39. The van der Waals surface area contributed by atoms with E-state index in [4.69, 9.17) is 0 Å². The highest BCUT2D eigenvalue weighted by atomic mass is 127. The van der Waals surface area contributed by atoms with E-state index in [1.807, 2.05) is 18.5 Å². The van der Waals surface area contributed by atoms with Crippen LogP contribution in [0, 0.1) is 5.92 Å². The maximum absolute atomic E-state index is 4.67. The van der Waals surface area contributed by atoms with Gasteiger partial charge in [-0.2, -0.15) is 0 Å². The molecular formula is C19H30IN5. The van der Waals surface area contributed by atoms with E-state index in [1.54, 1.807) is 0 Å². The number of guanidine groups is 1. The number of aliphatic imine (C=N–C) groups is 1. The molecule has 0 radical (unpaired) electrons. The zero-order chi connectivity index (χ0) is 17.2. The number of nitrogens with zero attached hydrogens (tertiary/aromatic N) is 3. The molecule has 0 aliphatic carbocycles. The number of benzene rings is 1. The van der Waals surface area contributed by atoms with Crippen molar-refractivity contribution in [1.82, 2.24) is 20.2 Å². The first-order valence-electron chi connectivity index (χ1n) is 8.75. The summed E-state index contributed by atoms with van der Waals surface area (Å²) >= 11 is 0. The van der Waals surface area contributed by atoms with Crippen molar-refractivity contribution in [3.63, 3.8) is 0 Å². The number of hydrogen-bond acceptors (Lipinski definition) is 2. The predicted molar refractivity (Wildman–Crippen MR) is 115 cm³/mol. The summed E-state index contributed by atoms with van der Waals surface area (Å²) in [6.45, 7) is 9.71. The lowest BCUT2D eigenvalue weighted by atomic mass is 10.1. The summed E-state index contributed by atoms with van der Waals surface area (Å²) in [5.41, 5.74) is 1.27. The summed E-state index contributed by atoms with van der Waals surface area (Å²) in [4.78, 5) is 9.12. The molecular weight excluding hydrogens is 425 g/mol. The largest absolute Gasteiger partial charge is 0.357 e. The van der Waals surface area contributed by atoms with E-state index in [9.17, 15) is 0 Å². The highest BCUT2D eigenvalue weighted by Gasteiger charge is 2.04. The van der Waals surface area contributed by atoms with Crippen molar-refractivity contribution in [2.24, 2.45) is 10.9 Å². The van der Waals surface area contributed by atoms with Crippen LogP contribution in [0.1, 0.15) is 38.6 Å². The van der Waals surface area contributed by atoms with Gasteiger partial charge in [-0.1, -0.05) is 44.2 Å². The topological polar surface area (TPSA) is 54.2 Å². The van der Waals surface area contributed by atoms with Crippen molar-refractivity contribution in [2.45, 2.75) is 40.3 Å². The lowest BCUT2D eigenvalue weighted by molar-refractivity contribution is 0.573. The minimum Gasteiger partial charge on any atom is -0.357 e. The fraction of sp³-hybridized carbons (Fsp3) is 0.474. The third-order valence-corrected chi connectivity index (χ3v) is 3.73. The maximum atomic E-state index is 4.67. The summed E-state index contributed by atoms with van der Waals surface area (Å²) in [7, 11) is 0. The van der Waals surface area contributed by atoms with Crippen molar-refractivity contribution < 1.29 is 0 Å². The van der Waals surface area contributed by atoms with E-state index in [-0.39, 0.29) is 24.0 Å². The number of halogens is 1. The molecule has 138 valence electrons. The van der Waals surface area contributed by atoms with Crippen LogP contribution in [0.3, 0.4) is 0 Å². The first kappa shape index (κ1) is 21.5. The fourth-order valence-electron chi connectivity index (χ4n) is 2.39. The Morgan fingerprint density at radius 2 is 1.96 bits per heavy atom. The van der Waals surface area contributed by atoms with Crippen LogP contribution in [0.4, 0.5) is 0 Å². The molecule has 0 unspecified atom stereocenters. The highest BCUT2D eigenvalue weighted by Crippen LogP contribution is 2.06. The van der Waals surface area contributed by atoms with Crippen LogP contribution in [0.5, 0.6) is 0 Å². The van der Waals surface area contributed by atoms with Crippen LogP contribution in [-0.2, 0) is 13.1 Å². The van der Waals surface area contributed by atoms with Crippen molar-refractivity contribution >= 4 is 29.9 Å². The SMILES string of the molecule is CCNC(=NCc1nccn1Cc1ccccc1)NCCC(C)C.I. The summed E-state index contributed by atoms with van der Waals surface area (Å²) in [6, 6.07) is 10.4. The first-order chi connectivity index (χ1) is 11.7.